The predicted octanol–water partition coefficient (Wildman–Crippen LogP) is -6.46. The van der Waals surface area contributed by atoms with Gasteiger partial charge in [-0.15, -0.1) is 0 Å². The summed E-state index contributed by atoms with van der Waals surface area (Å²) in [7, 11) is 0. The van der Waals surface area contributed by atoms with E-state index in [9.17, 15) is 73.2 Å². The van der Waals surface area contributed by atoms with Crippen molar-refractivity contribution in [2.45, 2.75) is 115 Å². The fourth-order valence-electron chi connectivity index (χ4n) is 6.59. The Hall–Kier alpha value is -8.41. The molecule has 2 rings (SSSR count). The zero-order chi connectivity index (χ0) is 55.7. The van der Waals surface area contributed by atoms with E-state index in [-0.39, 0.29) is 56.3 Å². The molecule has 8 atom stereocenters. The van der Waals surface area contributed by atoms with E-state index < -0.39 is 140 Å². The molecule has 0 saturated heterocycles. The largest absolute Gasteiger partial charge is 0.508 e. The first-order valence-electron chi connectivity index (χ1n) is 23.1. The lowest BCUT2D eigenvalue weighted by Gasteiger charge is -2.25. The number of carboxylic acids is 2. The number of hydrogen-bond donors (Lipinski definition) is 17. The molecule has 30 heteroatoms. The number of phenolic OH excluding ortho intramolecular Hbond substituents is 1. The van der Waals surface area contributed by atoms with Crippen molar-refractivity contribution < 1.29 is 73.2 Å². The lowest BCUT2D eigenvalue weighted by molar-refractivity contribution is -0.143. The minimum atomic E-state index is -1.77. The van der Waals surface area contributed by atoms with Gasteiger partial charge in [-0.05, 0) is 56.7 Å². The van der Waals surface area contributed by atoms with Gasteiger partial charge in [-0.25, -0.2) is 9.78 Å². The Morgan fingerprint density at radius 3 is 1.74 bits per heavy atom. The van der Waals surface area contributed by atoms with Gasteiger partial charge in [-0.1, -0.05) is 26.0 Å². The summed E-state index contributed by atoms with van der Waals surface area (Å²) in [6.45, 7) is 3.66. The number of amides is 9. The highest BCUT2D eigenvalue weighted by Gasteiger charge is 2.32. The molecule has 9 amide bonds. The van der Waals surface area contributed by atoms with Crippen molar-refractivity contribution in [2.75, 3.05) is 26.2 Å². The van der Waals surface area contributed by atoms with Crippen LogP contribution in [-0.4, -0.2) is 176 Å². The van der Waals surface area contributed by atoms with Gasteiger partial charge in [-0.3, -0.25) is 52.9 Å². The average molecular weight is 1050 g/mol. The topological polar surface area (TPSA) is 496 Å². The summed E-state index contributed by atoms with van der Waals surface area (Å²) in [6, 6.07) is -4.45. The van der Waals surface area contributed by atoms with Crippen LogP contribution in [0.25, 0.3) is 0 Å². The first-order chi connectivity index (χ1) is 34.7. The van der Waals surface area contributed by atoms with Gasteiger partial charge in [0.15, 0.2) is 5.96 Å². The molecule has 0 saturated carbocycles. The molecule has 0 fully saturated rings. The van der Waals surface area contributed by atoms with Gasteiger partial charge >= 0.3 is 11.9 Å². The van der Waals surface area contributed by atoms with E-state index in [2.05, 4.69) is 62.8 Å². The normalized spacial score (nSPS) is 14.1. The number of carbonyl (C=O) groups excluding carboxylic acids is 9. The van der Waals surface area contributed by atoms with E-state index in [0.29, 0.717) is 11.3 Å². The van der Waals surface area contributed by atoms with E-state index >= 15 is 0 Å². The Morgan fingerprint density at radius 2 is 1.22 bits per heavy atom. The molecule has 0 spiro atoms. The third kappa shape index (κ3) is 23.7. The molecule has 74 heavy (non-hydrogen) atoms. The number of aliphatic carboxylic acids is 2. The molecular formula is C44H67N15O15. The number of carboxylic acid groups (broad SMARTS) is 2. The predicted molar refractivity (Wildman–Crippen MR) is 259 cm³/mol. The van der Waals surface area contributed by atoms with Crippen molar-refractivity contribution in [1.29, 1.82) is 0 Å². The lowest BCUT2D eigenvalue weighted by Crippen LogP contribution is -2.59. The SMILES string of the molecule is CC(C)C[C@H](NC(=O)CNC(=O)[C@H](Cc1ccc(O)cc1)NC(=O)[C@@H](NC(=O)CNC(=O)[C@H](C)NC(=O)[C@@H](N)Cc1cnc[nH]1)[C@@H](C)O)C(=O)NCC(=O)N[C@@H](CC(=O)O)C(=O)N[C@@H](CCCN=C(N)N)C(=O)O. The van der Waals surface area contributed by atoms with Gasteiger partial charge in [0.05, 0.1) is 44.5 Å². The van der Waals surface area contributed by atoms with Crippen molar-refractivity contribution in [1.82, 2.24) is 57.8 Å². The molecule has 1 aromatic carbocycles. The molecule has 0 unspecified atom stereocenters. The molecule has 2 aromatic rings. The van der Waals surface area contributed by atoms with Crippen LogP contribution in [0.15, 0.2) is 41.8 Å². The van der Waals surface area contributed by atoms with Gasteiger partial charge in [-0.2, -0.15) is 0 Å². The smallest absolute Gasteiger partial charge is 0.326 e. The molecule has 1 aromatic heterocycles. The van der Waals surface area contributed by atoms with Gasteiger partial charge in [0.1, 0.15) is 42.0 Å². The molecule has 0 aliphatic rings. The zero-order valence-corrected chi connectivity index (χ0v) is 41.1. The molecule has 0 aliphatic heterocycles. The van der Waals surface area contributed by atoms with Crippen LogP contribution >= 0.6 is 0 Å². The second-order valence-corrected chi connectivity index (χ2v) is 17.3. The number of guanidine groups is 1. The number of aliphatic hydroxyl groups excluding tert-OH is 1. The number of benzene rings is 1. The highest BCUT2D eigenvalue weighted by molar-refractivity contribution is 5.97. The second kappa shape index (κ2) is 31.1. The van der Waals surface area contributed by atoms with E-state index in [1.807, 2.05) is 0 Å². The molecule has 30 nitrogen and oxygen atoms in total. The number of aromatic nitrogens is 2. The Bertz CT molecular complexity index is 2290. The van der Waals surface area contributed by atoms with Crippen molar-refractivity contribution in [3.8, 4) is 5.75 Å². The molecule has 0 bridgehead atoms. The Morgan fingerprint density at radius 1 is 0.662 bits per heavy atom. The third-order valence-corrected chi connectivity index (χ3v) is 10.4. The maximum absolute atomic E-state index is 13.6. The van der Waals surface area contributed by atoms with E-state index in [0.717, 1.165) is 0 Å². The zero-order valence-electron chi connectivity index (χ0n) is 41.1. The summed E-state index contributed by atoms with van der Waals surface area (Å²) in [5, 5.41) is 60.0. The Kier molecular flexibility index (Phi) is 26.0. The minimum Gasteiger partial charge on any atom is -0.508 e. The highest BCUT2D eigenvalue weighted by Crippen LogP contribution is 2.12. The number of aliphatic imine (C=N–C) groups is 1. The van der Waals surface area contributed by atoms with Gasteiger partial charge in [0.2, 0.25) is 53.2 Å². The van der Waals surface area contributed by atoms with E-state index in [1.54, 1.807) is 13.8 Å². The summed E-state index contributed by atoms with van der Waals surface area (Å²) in [6.07, 6.45) is 0.187. The lowest BCUT2D eigenvalue weighted by atomic mass is 10.0. The number of imidazole rings is 1. The fourth-order valence-corrected chi connectivity index (χ4v) is 6.59. The molecule has 0 radical (unpaired) electrons. The average Bonchev–Trinajstić information content (AvgIpc) is 3.84. The molecule has 0 aliphatic carbocycles. The first-order valence-corrected chi connectivity index (χ1v) is 23.1. The van der Waals surface area contributed by atoms with Crippen LogP contribution in [0.3, 0.4) is 0 Å². The second-order valence-electron chi connectivity index (χ2n) is 17.3. The number of H-pyrrole nitrogens is 1. The van der Waals surface area contributed by atoms with Crippen LogP contribution in [0.1, 0.15) is 64.6 Å². The number of aromatic amines is 1. The van der Waals surface area contributed by atoms with Crippen molar-refractivity contribution >= 4 is 71.1 Å². The molecular weight excluding hydrogens is 979 g/mol. The number of aromatic hydroxyl groups is 1. The monoisotopic (exact) mass is 1050 g/mol. The summed E-state index contributed by atoms with van der Waals surface area (Å²) in [5.41, 5.74) is 17.4. The van der Waals surface area contributed by atoms with Crippen molar-refractivity contribution in [3.05, 3.63) is 48.0 Å². The maximum atomic E-state index is 13.6. The maximum Gasteiger partial charge on any atom is 0.326 e. The Labute approximate surface area is 424 Å². The summed E-state index contributed by atoms with van der Waals surface area (Å²) < 4.78 is 0. The van der Waals surface area contributed by atoms with Gasteiger partial charge in [0, 0.05) is 31.3 Å². The first kappa shape index (κ1) is 61.7. The van der Waals surface area contributed by atoms with Crippen LogP contribution in [0, 0.1) is 5.92 Å². The quantitative estimate of drug-likeness (QED) is 0.0184. The van der Waals surface area contributed by atoms with E-state index in [1.165, 1.54) is 50.6 Å². The van der Waals surface area contributed by atoms with Crippen LogP contribution in [0.4, 0.5) is 0 Å². The minimum absolute atomic E-state index is 0.00417. The number of nitrogens with two attached hydrogens (primary N) is 3. The third-order valence-electron chi connectivity index (χ3n) is 10.4. The molecule has 408 valence electrons. The number of phenols is 1. The van der Waals surface area contributed by atoms with Crippen molar-refractivity contribution in [2.24, 2.45) is 28.1 Å². The fraction of sp³-hybridized carbons (Fsp3) is 0.523. The van der Waals surface area contributed by atoms with Crippen LogP contribution < -0.4 is 65.1 Å². The molecule has 20 N–H and O–H groups in total. The standard InChI is InChI=1S/C44H67N15O15/c1-21(2)12-29(39(69)51-18-33(63)56-31(15-35(65)66)41(71)57-28(43(73)74)6-5-11-49-44(46)47)55-32(62)17-52-40(70)30(13-24-7-9-26(61)10-8-24)58-42(72)36(23(4)60)59-34(64)19-50-37(67)22(3)54-38(68)27(45)14-25-16-48-20-53-25/h7-10,16,20-23,27-31,36,60-61H,5-6,11-15,17-19,45H2,1-4H3,(H,48,53)(H,50,67)(H,51,69)(H,52,70)(H,54,68)(H,55,62)(H,56,63)(H,57,71)(H,58,72)(H,59,64)(H,65,66)(H,73,74)(H4,46,47,49)/t22-,23+,27-,28-,29-,30-,31-,36-/m0/s1. The number of nitrogens with one attached hydrogen (secondary N) is 10. The van der Waals surface area contributed by atoms with Crippen LogP contribution in [0.5, 0.6) is 5.75 Å². The Balaban J connectivity index is 2.08. The number of carbonyl (C=O) groups is 11. The summed E-state index contributed by atoms with van der Waals surface area (Å²) in [4.78, 5) is 151. The van der Waals surface area contributed by atoms with Crippen LogP contribution in [0.2, 0.25) is 0 Å². The van der Waals surface area contributed by atoms with E-state index in [4.69, 9.17) is 17.2 Å². The number of aliphatic hydroxyl groups is 1. The van der Waals surface area contributed by atoms with Gasteiger partial charge < -0.3 is 90.5 Å². The number of hydrogen-bond acceptors (Lipinski definition) is 16. The summed E-state index contributed by atoms with van der Waals surface area (Å²) >= 11 is 0. The molecule has 1 heterocycles. The summed E-state index contributed by atoms with van der Waals surface area (Å²) in [5.74, 6) is -12.0. The van der Waals surface area contributed by atoms with Gasteiger partial charge in [0.25, 0.3) is 0 Å². The number of nitrogens with zero attached hydrogens (tertiary/aromatic N) is 2. The highest BCUT2D eigenvalue weighted by atomic mass is 16.4. The number of rotatable bonds is 32. The van der Waals surface area contributed by atoms with Crippen LogP contribution in [-0.2, 0) is 65.6 Å². The van der Waals surface area contributed by atoms with Crippen molar-refractivity contribution in [3.63, 3.8) is 0 Å².